The third-order valence-corrected chi connectivity index (χ3v) is 3.68. The van der Waals surface area contributed by atoms with Crippen LogP contribution in [-0.4, -0.2) is 29.8 Å². The number of rotatable bonds is 2. The van der Waals surface area contributed by atoms with Gasteiger partial charge in [0.15, 0.2) is 22.8 Å². The third-order valence-electron chi connectivity index (χ3n) is 3.48. The van der Waals surface area contributed by atoms with Gasteiger partial charge in [0, 0.05) is 11.3 Å². The van der Waals surface area contributed by atoms with Crippen LogP contribution in [0, 0.1) is 6.92 Å². The number of aromatic nitrogens is 5. The second-order valence-electron chi connectivity index (χ2n) is 5.02. The maximum absolute atomic E-state index is 6.07. The molecule has 0 saturated carbocycles. The fourth-order valence-electron chi connectivity index (χ4n) is 2.51. The summed E-state index contributed by atoms with van der Waals surface area (Å²) in [4.78, 5) is 4.50. The van der Waals surface area contributed by atoms with Gasteiger partial charge in [0.2, 0.25) is 0 Å². The maximum atomic E-state index is 6.07. The van der Waals surface area contributed by atoms with Gasteiger partial charge in [-0.3, -0.25) is 0 Å². The fourth-order valence-corrected chi connectivity index (χ4v) is 2.65. The SMILES string of the molecule is Cc1cc(-c2ccco2)c2c(n1)nn1c(N)c(C(N)=S)nnc21. The van der Waals surface area contributed by atoms with Crippen LogP contribution < -0.4 is 11.5 Å². The number of hydrogen-bond acceptors (Lipinski definition) is 7. The highest BCUT2D eigenvalue weighted by atomic mass is 32.1. The van der Waals surface area contributed by atoms with E-state index in [0.29, 0.717) is 22.4 Å². The zero-order valence-corrected chi connectivity index (χ0v) is 12.8. The molecule has 0 radical (unpaired) electrons. The Morgan fingerprint density at radius 1 is 1.35 bits per heavy atom. The van der Waals surface area contributed by atoms with E-state index in [1.54, 1.807) is 6.26 Å². The predicted octanol–water partition coefficient (Wildman–Crippen LogP) is 1.46. The molecule has 0 aliphatic heterocycles. The first-order chi connectivity index (χ1) is 11.1. The largest absolute Gasteiger partial charge is 0.464 e. The zero-order chi connectivity index (χ0) is 16.1. The average molecular weight is 325 g/mol. The van der Waals surface area contributed by atoms with E-state index < -0.39 is 0 Å². The van der Waals surface area contributed by atoms with E-state index in [2.05, 4.69) is 20.3 Å². The Bertz CT molecular complexity index is 1070. The Labute approximate surface area is 135 Å². The van der Waals surface area contributed by atoms with Gasteiger partial charge in [-0.05, 0) is 25.1 Å². The molecule has 0 atom stereocenters. The molecule has 23 heavy (non-hydrogen) atoms. The molecule has 0 spiro atoms. The van der Waals surface area contributed by atoms with Gasteiger partial charge in [-0.15, -0.1) is 15.3 Å². The number of furan rings is 1. The van der Waals surface area contributed by atoms with Crippen LogP contribution in [-0.2, 0) is 0 Å². The van der Waals surface area contributed by atoms with Gasteiger partial charge in [0.1, 0.15) is 10.7 Å². The summed E-state index contributed by atoms with van der Waals surface area (Å²) in [7, 11) is 0. The molecule has 4 heterocycles. The molecule has 8 nitrogen and oxygen atoms in total. The van der Waals surface area contributed by atoms with E-state index in [0.717, 1.165) is 11.3 Å². The van der Waals surface area contributed by atoms with E-state index in [1.807, 2.05) is 25.1 Å². The Morgan fingerprint density at radius 3 is 2.87 bits per heavy atom. The molecule has 0 aliphatic rings. The number of fused-ring (bicyclic) bond motifs is 3. The summed E-state index contributed by atoms with van der Waals surface area (Å²) in [6.07, 6.45) is 1.60. The Kier molecular flexibility index (Phi) is 2.78. The summed E-state index contributed by atoms with van der Waals surface area (Å²) >= 11 is 4.93. The summed E-state index contributed by atoms with van der Waals surface area (Å²) in [5.74, 6) is 0.915. The van der Waals surface area contributed by atoms with E-state index in [-0.39, 0.29) is 16.5 Å². The Hall–Kier alpha value is -3.07. The average Bonchev–Trinajstić information content (AvgIpc) is 3.13. The number of anilines is 1. The van der Waals surface area contributed by atoms with Gasteiger partial charge in [-0.1, -0.05) is 12.2 Å². The molecule has 4 rings (SSSR count). The predicted molar refractivity (Wildman–Crippen MR) is 88.8 cm³/mol. The van der Waals surface area contributed by atoms with E-state index in [1.165, 1.54) is 4.52 Å². The number of hydrogen-bond donors (Lipinski definition) is 2. The summed E-state index contributed by atoms with van der Waals surface area (Å²) in [5, 5.41) is 13.3. The van der Waals surface area contributed by atoms with Crippen LogP contribution in [0.15, 0.2) is 28.9 Å². The number of pyridine rings is 1. The number of nitrogens with two attached hydrogens (primary N) is 2. The Balaban J connectivity index is 2.16. The molecule has 4 aromatic rings. The van der Waals surface area contributed by atoms with Crippen molar-refractivity contribution in [2.45, 2.75) is 6.92 Å². The van der Waals surface area contributed by atoms with Crippen molar-refractivity contribution in [2.24, 2.45) is 5.73 Å². The monoisotopic (exact) mass is 325 g/mol. The number of thiocarbonyl (C=S) groups is 1. The minimum absolute atomic E-state index is 0.0619. The Morgan fingerprint density at radius 2 is 2.17 bits per heavy atom. The summed E-state index contributed by atoms with van der Waals surface area (Å²) in [6, 6.07) is 5.58. The van der Waals surface area contributed by atoms with Crippen LogP contribution in [0.3, 0.4) is 0 Å². The molecule has 0 unspecified atom stereocenters. The van der Waals surface area contributed by atoms with Gasteiger partial charge in [0.05, 0.1) is 11.6 Å². The van der Waals surface area contributed by atoms with Crippen LogP contribution in [0.2, 0.25) is 0 Å². The van der Waals surface area contributed by atoms with E-state index in [9.17, 15) is 0 Å². The highest BCUT2D eigenvalue weighted by molar-refractivity contribution is 7.80. The summed E-state index contributed by atoms with van der Waals surface area (Å²) in [6.45, 7) is 1.88. The topological polar surface area (TPSA) is 121 Å². The van der Waals surface area contributed by atoms with Gasteiger partial charge in [-0.25, -0.2) is 4.98 Å². The van der Waals surface area contributed by atoms with Crippen molar-refractivity contribution in [3.8, 4) is 11.3 Å². The lowest BCUT2D eigenvalue weighted by Gasteiger charge is -2.03. The maximum Gasteiger partial charge on any atom is 0.189 e. The molecule has 0 saturated heterocycles. The van der Waals surface area contributed by atoms with Crippen LogP contribution in [0.1, 0.15) is 11.4 Å². The standard InChI is InChI=1S/C14H11N7OS/c1-6-5-7(8-3-2-4-22-8)9-13(17-6)20-21-11(15)10(12(16)23)18-19-14(9)21/h2-5H,15H2,1H3,(H2,16,23). The summed E-state index contributed by atoms with van der Waals surface area (Å²) in [5.41, 5.74) is 14.5. The van der Waals surface area contributed by atoms with Crippen LogP contribution >= 0.6 is 12.2 Å². The molecule has 9 heteroatoms. The van der Waals surface area contributed by atoms with Crippen LogP contribution in [0.25, 0.3) is 28.0 Å². The quantitative estimate of drug-likeness (QED) is 0.531. The lowest BCUT2D eigenvalue weighted by atomic mass is 10.1. The lowest BCUT2D eigenvalue weighted by Crippen LogP contribution is -2.18. The first-order valence-electron chi connectivity index (χ1n) is 6.72. The third kappa shape index (κ3) is 1.94. The van der Waals surface area contributed by atoms with E-state index in [4.69, 9.17) is 28.1 Å². The molecular weight excluding hydrogens is 314 g/mol. The molecule has 4 aromatic heterocycles. The minimum atomic E-state index is 0.0619. The van der Waals surface area contributed by atoms with Crippen molar-refractivity contribution in [3.63, 3.8) is 0 Å². The van der Waals surface area contributed by atoms with Gasteiger partial charge in [0.25, 0.3) is 0 Å². The van der Waals surface area contributed by atoms with Crippen LogP contribution in [0.4, 0.5) is 5.82 Å². The molecule has 114 valence electrons. The van der Waals surface area contributed by atoms with Crippen molar-refractivity contribution in [3.05, 3.63) is 35.9 Å². The smallest absolute Gasteiger partial charge is 0.189 e. The minimum Gasteiger partial charge on any atom is -0.464 e. The zero-order valence-electron chi connectivity index (χ0n) is 12.0. The fraction of sp³-hybridized carbons (Fsp3) is 0.0714. The molecule has 0 amide bonds. The molecular formula is C14H11N7OS. The van der Waals surface area contributed by atoms with E-state index >= 15 is 0 Å². The first kappa shape index (κ1) is 13.6. The second kappa shape index (κ2) is 4.71. The summed E-state index contributed by atoms with van der Waals surface area (Å²) < 4.78 is 6.96. The first-order valence-corrected chi connectivity index (χ1v) is 7.13. The van der Waals surface area contributed by atoms with Gasteiger partial charge < -0.3 is 15.9 Å². The number of nitrogen functional groups attached to an aromatic ring is 1. The highest BCUT2D eigenvalue weighted by Gasteiger charge is 2.20. The van der Waals surface area contributed by atoms with Crippen LogP contribution in [0.5, 0.6) is 0 Å². The highest BCUT2D eigenvalue weighted by Crippen LogP contribution is 2.31. The number of aryl methyl sites for hydroxylation is 1. The van der Waals surface area contributed by atoms with Crippen molar-refractivity contribution in [1.29, 1.82) is 0 Å². The second-order valence-corrected chi connectivity index (χ2v) is 5.46. The van der Waals surface area contributed by atoms with Crippen molar-refractivity contribution in [1.82, 2.24) is 24.8 Å². The molecule has 0 aliphatic carbocycles. The molecule has 4 N–H and O–H groups in total. The van der Waals surface area contributed by atoms with Crippen molar-refractivity contribution in [2.75, 3.05) is 5.73 Å². The van der Waals surface area contributed by atoms with Crippen molar-refractivity contribution < 1.29 is 4.42 Å². The lowest BCUT2D eigenvalue weighted by molar-refractivity contribution is 0.583. The molecule has 0 fully saturated rings. The van der Waals surface area contributed by atoms with Gasteiger partial charge in [-0.2, -0.15) is 4.52 Å². The normalized spacial score (nSPS) is 11.3. The number of nitrogens with zero attached hydrogens (tertiary/aromatic N) is 5. The molecule has 0 aromatic carbocycles. The molecule has 0 bridgehead atoms. The van der Waals surface area contributed by atoms with Crippen molar-refractivity contribution >= 4 is 39.7 Å². The van der Waals surface area contributed by atoms with Gasteiger partial charge >= 0.3 is 0 Å².